The number of aromatic nitrogens is 3. The number of pyridine rings is 1. The molecule has 21 heavy (non-hydrogen) atoms. The highest BCUT2D eigenvalue weighted by Gasteiger charge is 2.10. The molecule has 0 unspecified atom stereocenters. The van der Waals surface area contributed by atoms with E-state index < -0.39 is 0 Å². The number of hydrogen-bond acceptors (Lipinski definition) is 5. The lowest BCUT2D eigenvalue weighted by molar-refractivity contribution is 0.419. The summed E-state index contributed by atoms with van der Waals surface area (Å²) < 4.78 is 5.32. The SMILES string of the molecule is COc1cccc2c(NCc3ccncc3)nc(Cl)nc12. The Morgan fingerprint density at radius 3 is 2.71 bits per heavy atom. The van der Waals surface area contributed by atoms with Crippen LogP contribution in [0.2, 0.25) is 5.28 Å². The van der Waals surface area contributed by atoms with Gasteiger partial charge in [-0.3, -0.25) is 4.98 Å². The van der Waals surface area contributed by atoms with Crippen LogP contribution >= 0.6 is 11.6 Å². The molecule has 0 radical (unpaired) electrons. The number of ether oxygens (including phenoxy) is 1. The Morgan fingerprint density at radius 1 is 1.14 bits per heavy atom. The second-order valence-electron chi connectivity index (χ2n) is 4.41. The molecule has 2 heterocycles. The minimum Gasteiger partial charge on any atom is -0.494 e. The summed E-state index contributed by atoms with van der Waals surface area (Å²) in [5.41, 5.74) is 1.80. The van der Waals surface area contributed by atoms with Crippen LogP contribution in [0.25, 0.3) is 10.9 Å². The van der Waals surface area contributed by atoms with Gasteiger partial charge in [-0.05, 0) is 41.4 Å². The van der Waals surface area contributed by atoms with Gasteiger partial charge in [-0.1, -0.05) is 6.07 Å². The maximum absolute atomic E-state index is 6.01. The van der Waals surface area contributed by atoms with Gasteiger partial charge >= 0.3 is 0 Å². The van der Waals surface area contributed by atoms with Crippen LogP contribution in [0, 0.1) is 0 Å². The van der Waals surface area contributed by atoms with Gasteiger partial charge in [0.15, 0.2) is 0 Å². The first kappa shape index (κ1) is 13.6. The van der Waals surface area contributed by atoms with Crippen LogP contribution in [0.4, 0.5) is 5.82 Å². The molecule has 0 spiro atoms. The van der Waals surface area contributed by atoms with Gasteiger partial charge in [0, 0.05) is 24.3 Å². The van der Waals surface area contributed by atoms with E-state index in [0.717, 1.165) is 10.9 Å². The van der Waals surface area contributed by atoms with Crippen molar-refractivity contribution in [1.82, 2.24) is 15.0 Å². The van der Waals surface area contributed by atoms with Crippen LogP contribution in [0.1, 0.15) is 5.56 Å². The average Bonchev–Trinajstić information content (AvgIpc) is 2.53. The van der Waals surface area contributed by atoms with Gasteiger partial charge in [-0.2, -0.15) is 0 Å². The third-order valence-corrected chi connectivity index (χ3v) is 3.26. The third kappa shape index (κ3) is 2.87. The van der Waals surface area contributed by atoms with Gasteiger partial charge in [-0.15, -0.1) is 0 Å². The lowest BCUT2D eigenvalue weighted by Crippen LogP contribution is -2.03. The Morgan fingerprint density at radius 2 is 1.95 bits per heavy atom. The monoisotopic (exact) mass is 300 g/mol. The van der Waals surface area contributed by atoms with Crippen LogP contribution in [0.5, 0.6) is 5.75 Å². The fourth-order valence-corrected chi connectivity index (χ4v) is 2.25. The average molecular weight is 301 g/mol. The summed E-state index contributed by atoms with van der Waals surface area (Å²) in [6.45, 7) is 0.627. The molecule has 106 valence electrons. The van der Waals surface area contributed by atoms with Crippen molar-refractivity contribution in [2.75, 3.05) is 12.4 Å². The number of fused-ring (bicyclic) bond motifs is 1. The van der Waals surface area contributed by atoms with E-state index in [-0.39, 0.29) is 5.28 Å². The lowest BCUT2D eigenvalue weighted by atomic mass is 10.2. The first-order valence-corrected chi connectivity index (χ1v) is 6.79. The van der Waals surface area contributed by atoms with Crippen LogP contribution in [-0.2, 0) is 6.54 Å². The second kappa shape index (κ2) is 5.93. The number of benzene rings is 1. The Hall–Kier alpha value is -2.40. The number of hydrogen-bond donors (Lipinski definition) is 1. The molecule has 0 aliphatic rings. The van der Waals surface area contributed by atoms with Gasteiger partial charge in [-0.25, -0.2) is 9.97 Å². The van der Waals surface area contributed by atoms with Crippen LogP contribution in [-0.4, -0.2) is 22.1 Å². The predicted octanol–water partition coefficient (Wildman–Crippen LogP) is 3.30. The van der Waals surface area contributed by atoms with Crippen LogP contribution < -0.4 is 10.1 Å². The molecule has 0 aliphatic heterocycles. The second-order valence-corrected chi connectivity index (χ2v) is 4.74. The summed E-state index contributed by atoms with van der Waals surface area (Å²) in [4.78, 5) is 12.5. The zero-order valence-corrected chi connectivity index (χ0v) is 12.1. The van der Waals surface area contributed by atoms with E-state index in [4.69, 9.17) is 16.3 Å². The summed E-state index contributed by atoms with van der Waals surface area (Å²) in [5, 5.41) is 4.33. The number of methoxy groups -OCH3 is 1. The van der Waals surface area contributed by atoms with Gasteiger partial charge in [0.25, 0.3) is 0 Å². The minimum absolute atomic E-state index is 0.184. The van der Waals surface area contributed by atoms with Gasteiger partial charge in [0.05, 0.1) is 7.11 Å². The van der Waals surface area contributed by atoms with E-state index in [2.05, 4.69) is 20.3 Å². The molecule has 3 rings (SSSR count). The topological polar surface area (TPSA) is 59.9 Å². The molecule has 0 bridgehead atoms. The summed E-state index contributed by atoms with van der Waals surface area (Å²) in [5.74, 6) is 1.35. The first-order valence-electron chi connectivity index (χ1n) is 6.41. The highest BCUT2D eigenvalue weighted by atomic mass is 35.5. The number of nitrogens with one attached hydrogen (secondary N) is 1. The number of anilines is 1. The van der Waals surface area contributed by atoms with Crippen molar-refractivity contribution in [3.05, 3.63) is 53.6 Å². The third-order valence-electron chi connectivity index (χ3n) is 3.09. The summed E-state index contributed by atoms with van der Waals surface area (Å²) in [7, 11) is 1.61. The molecular weight excluding hydrogens is 288 g/mol. The smallest absolute Gasteiger partial charge is 0.225 e. The molecule has 0 saturated heterocycles. The van der Waals surface area contributed by atoms with E-state index in [0.29, 0.717) is 23.6 Å². The standard InChI is InChI=1S/C15H13ClN4O/c1-21-12-4-2-3-11-13(12)19-15(16)20-14(11)18-9-10-5-7-17-8-6-10/h2-8H,9H2,1H3,(H,18,19,20). The molecule has 5 nitrogen and oxygen atoms in total. The molecule has 2 aromatic heterocycles. The van der Waals surface area contributed by atoms with E-state index in [9.17, 15) is 0 Å². The Kier molecular flexibility index (Phi) is 3.83. The molecule has 3 aromatic rings. The summed E-state index contributed by atoms with van der Waals surface area (Å²) >= 11 is 6.01. The quantitative estimate of drug-likeness (QED) is 0.749. The molecule has 0 aliphatic carbocycles. The Balaban J connectivity index is 1.98. The van der Waals surface area contributed by atoms with E-state index in [1.165, 1.54) is 0 Å². The van der Waals surface area contributed by atoms with Crippen molar-refractivity contribution in [3.8, 4) is 5.75 Å². The van der Waals surface area contributed by atoms with Gasteiger partial charge in [0.2, 0.25) is 5.28 Å². The van der Waals surface area contributed by atoms with Crippen molar-refractivity contribution >= 4 is 28.3 Å². The Bertz CT molecular complexity index is 764. The predicted molar refractivity (Wildman–Crippen MR) is 82.7 cm³/mol. The maximum atomic E-state index is 6.01. The minimum atomic E-state index is 0.184. The molecular formula is C15H13ClN4O. The molecule has 0 fully saturated rings. The van der Waals surface area contributed by atoms with Crippen molar-refractivity contribution < 1.29 is 4.74 Å². The summed E-state index contributed by atoms with van der Waals surface area (Å²) in [6.07, 6.45) is 3.51. The maximum Gasteiger partial charge on any atom is 0.225 e. The molecule has 0 amide bonds. The van der Waals surface area contributed by atoms with Crippen LogP contribution in [0.15, 0.2) is 42.7 Å². The van der Waals surface area contributed by atoms with Gasteiger partial charge < -0.3 is 10.1 Å². The van der Waals surface area contributed by atoms with Gasteiger partial charge in [0.1, 0.15) is 17.1 Å². The molecule has 0 saturated carbocycles. The molecule has 1 N–H and O–H groups in total. The largest absolute Gasteiger partial charge is 0.494 e. The van der Waals surface area contributed by atoms with Crippen molar-refractivity contribution in [2.45, 2.75) is 6.54 Å². The van der Waals surface area contributed by atoms with Crippen LogP contribution in [0.3, 0.4) is 0 Å². The lowest BCUT2D eigenvalue weighted by Gasteiger charge is -2.11. The highest BCUT2D eigenvalue weighted by Crippen LogP contribution is 2.29. The van der Waals surface area contributed by atoms with E-state index in [1.54, 1.807) is 19.5 Å². The first-order chi connectivity index (χ1) is 10.3. The molecule has 0 atom stereocenters. The fraction of sp³-hybridized carbons (Fsp3) is 0.133. The van der Waals surface area contributed by atoms with Crippen molar-refractivity contribution in [1.29, 1.82) is 0 Å². The number of rotatable bonds is 4. The summed E-state index contributed by atoms with van der Waals surface area (Å²) in [6, 6.07) is 9.56. The molecule has 1 aromatic carbocycles. The molecule has 6 heteroatoms. The highest BCUT2D eigenvalue weighted by molar-refractivity contribution is 6.29. The number of nitrogens with zero attached hydrogens (tertiary/aromatic N) is 3. The van der Waals surface area contributed by atoms with E-state index in [1.807, 2.05) is 30.3 Å². The zero-order chi connectivity index (χ0) is 14.7. The normalized spacial score (nSPS) is 10.6. The zero-order valence-electron chi connectivity index (χ0n) is 11.4. The van der Waals surface area contributed by atoms with E-state index >= 15 is 0 Å². The Labute approximate surface area is 127 Å². The fourth-order valence-electron chi connectivity index (χ4n) is 2.08. The van der Waals surface area contributed by atoms with Crippen molar-refractivity contribution in [2.24, 2.45) is 0 Å². The number of halogens is 1. The number of para-hydroxylation sites is 1. The van der Waals surface area contributed by atoms with Crippen molar-refractivity contribution in [3.63, 3.8) is 0 Å².